The molecule has 1 atom stereocenters. The van der Waals surface area contributed by atoms with Gasteiger partial charge < -0.3 is 10.5 Å². The zero-order chi connectivity index (χ0) is 12.3. The molecule has 0 saturated carbocycles. The molecule has 16 heavy (non-hydrogen) atoms. The minimum atomic E-state index is -4.47. The van der Waals surface area contributed by atoms with Crippen LogP contribution in [-0.4, -0.2) is 23.1 Å². The van der Waals surface area contributed by atoms with Gasteiger partial charge in [0.05, 0.1) is 0 Å². The smallest absolute Gasteiger partial charge is 0.425 e. The number of hydrogen-bond acceptors (Lipinski definition) is 3. The first kappa shape index (κ1) is 12.3. The Morgan fingerprint density at radius 3 is 2.69 bits per heavy atom. The third kappa shape index (κ3) is 2.85. The molecule has 1 heterocycles. The lowest BCUT2D eigenvalue weighted by Crippen LogP contribution is -2.32. The van der Waals surface area contributed by atoms with Gasteiger partial charge in [0.25, 0.3) is 0 Å². The Morgan fingerprint density at radius 1 is 1.56 bits per heavy atom. The molecule has 0 aromatic carbocycles. The van der Waals surface area contributed by atoms with Crippen LogP contribution in [0.3, 0.4) is 0 Å². The van der Waals surface area contributed by atoms with Gasteiger partial charge in [-0.3, -0.25) is 5.41 Å². The number of nitrogens with one attached hydrogen (secondary N) is 1. The first-order valence-electron chi connectivity index (χ1n) is 4.35. The molecule has 1 rings (SSSR count). The number of hydrogen-bond donors (Lipinski definition) is 2. The van der Waals surface area contributed by atoms with Crippen molar-refractivity contribution in [2.45, 2.75) is 19.2 Å². The maximum Gasteiger partial charge on any atom is 0.425 e. The number of alkyl halides is 3. The number of ether oxygens (including phenoxy) is 1. The zero-order valence-electron chi connectivity index (χ0n) is 8.38. The SMILES string of the molecule is CC(Oc1cccnc1C(=N)N)C(F)(F)F. The third-order valence-corrected chi connectivity index (χ3v) is 1.79. The quantitative estimate of drug-likeness (QED) is 0.616. The molecule has 0 bridgehead atoms. The molecule has 4 nitrogen and oxygen atoms in total. The summed E-state index contributed by atoms with van der Waals surface area (Å²) in [6.45, 7) is 0.872. The van der Waals surface area contributed by atoms with Gasteiger partial charge >= 0.3 is 6.18 Å². The van der Waals surface area contributed by atoms with Gasteiger partial charge in [-0.15, -0.1) is 0 Å². The normalized spacial score (nSPS) is 13.2. The van der Waals surface area contributed by atoms with E-state index in [-0.39, 0.29) is 11.4 Å². The fourth-order valence-electron chi connectivity index (χ4n) is 0.945. The fraction of sp³-hybridized carbons (Fsp3) is 0.333. The highest BCUT2D eigenvalue weighted by Gasteiger charge is 2.38. The monoisotopic (exact) mass is 233 g/mol. The molecule has 0 amide bonds. The molecular weight excluding hydrogens is 223 g/mol. The van der Waals surface area contributed by atoms with Crippen LogP contribution < -0.4 is 10.5 Å². The highest BCUT2D eigenvalue weighted by atomic mass is 19.4. The van der Waals surface area contributed by atoms with Crippen LogP contribution in [0.5, 0.6) is 5.75 Å². The lowest BCUT2D eigenvalue weighted by atomic mass is 10.3. The van der Waals surface area contributed by atoms with Crippen LogP contribution in [0.4, 0.5) is 13.2 Å². The zero-order valence-corrected chi connectivity index (χ0v) is 8.38. The number of nitrogens with two attached hydrogens (primary N) is 1. The van der Waals surface area contributed by atoms with Crippen molar-refractivity contribution in [1.82, 2.24) is 4.98 Å². The average Bonchev–Trinajstić information content (AvgIpc) is 2.16. The fourth-order valence-corrected chi connectivity index (χ4v) is 0.945. The minimum Gasteiger partial charge on any atom is -0.479 e. The summed E-state index contributed by atoms with van der Waals surface area (Å²) in [6, 6.07) is 2.69. The van der Waals surface area contributed by atoms with Crippen LogP contribution in [0.15, 0.2) is 18.3 Å². The molecule has 0 saturated heterocycles. The predicted octanol–water partition coefficient (Wildman–Crippen LogP) is 1.70. The summed E-state index contributed by atoms with van der Waals surface area (Å²) in [5.74, 6) is -0.593. The number of aromatic nitrogens is 1. The highest BCUT2D eigenvalue weighted by Crippen LogP contribution is 2.25. The van der Waals surface area contributed by atoms with Gasteiger partial charge in [0, 0.05) is 6.20 Å². The molecule has 0 aliphatic rings. The summed E-state index contributed by atoms with van der Waals surface area (Å²) in [4.78, 5) is 3.67. The lowest BCUT2D eigenvalue weighted by molar-refractivity contribution is -0.189. The van der Waals surface area contributed by atoms with E-state index in [0.29, 0.717) is 0 Å². The maximum atomic E-state index is 12.2. The van der Waals surface area contributed by atoms with Gasteiger partial charge in [-0.05, 0) is 19.1 Å². The van der Waals surface area contributed by atoms with Crippen LogP contribution in [0.25, 0.3) is 0 Å². The molecule has 0 aliphatic heterocycles. The van der Waals surface area contributed by atoms with E-state index in [4.69, 9.17) is 11.1 Å². The first-order valence-corrected chi connectivity index (χ1v) is 4.35. The average molecular weight is 233 g/mol. The van der Waals surface area contributed by atoms with Crippen LogP contribution in [0, 0.1) is 5.41 Å². The van der Waals surface area contributed by atoms with Crippen LogP contribution >= 0.6 is 0 Å². The van der Waals surface area contributed by atoms with Crippen molar-refractivity contribution in [2.75, 3.05) is 0 Å². The first-order chi connectivity index (χ1) is 7.32. The van der Waals surface area contributed by atoms with E-state index in [1.807, 2.05) is 0 Å². The topological polar surface area (TPSA) is 72.0 Å². The minimum absolute atomic E-state index is 0.0985. The Kier molecular flexibility index (Phi) is 3.36. The van der Waals surface area contributed by atoms with E-state index in [1.54, 1.807) is 0 Å². The Labute approximate surface area is 89.7 Å². The van der Waals surface area contributed by atoms with E-state index in [9.17, 15) is 13.2 Å². The molecular formula is C9H10F3N3O. The molecule has 3 N–H and O–H groups in total. The molecule has 7 heteroatoms. The molecule has 0 fully saturated rings. The molecule has 88 valence electrons. The Bertz CT molecular complexity index is 392. The number of pyridine rings is 1. The van der Waals surface area contributed by atoms with Crippen molar-refractivity contribution < 1.29 is 17.9 Å². The molecule has 0 aliphatic carbocycles. The number of halogens is 3. The van der Waals surface area contributed by atoms with Crippen LogP contribution in [0.1, 0.15) is 12.6 Å². The summed E-state index contributed by atoms with van der Waals surface area (Å²) in [5, 5.41) is 7.13. The van der Waals surface area contributed by atoms with Gasteiger partial charge in [-0.1, -0.05) is 0 Å². The second kappa shape index (κ2) is 4.38. The van der Waals surface area contributed by atoms with Crippen molar-refractivity contribution in [3.63, 3.8) is 0 Å². The Hall–Kier alpha value is -1.79. The number of amidine groups is 1. The van der Waals surface area contributed by atoms with Gasteiger partial charge in [-0.25, -0.2) is 4.98 Å². The molecule has 1 aromatic rings. The van der Waals surface area contributed by atoms with Gasteiger partial charge in [0.1, 0.15) is 17.3 Å². The Balaban J connectivity index is 2.93. The second-order valence-corrected chi connectivity index (χ2v) is 3.07. The van der Waals surface area contributed by atoms with E-state index < -0.39 is 18.1 Å². The second-order valence-electron chi connectivity index (χ2n) is 3.07. The lowest BCUT2D eigenvalue weighted by Gasteiger charge is -2.18. The van der Waals surface area contributed by atoms with E-state index >= 15 is 0 Å². The summed E-state index contributed by atoms with van der Waals surface area (Å²) >= 11 is 0. The summed E-state index contributed by atoms with van der Waals surface area (Å²) in [5.41, 5.74) is 5.06. The molecule has 1 unspecified atom stereocenters. The molecule has 1 aromatic heterocycles. The van der Waals surface area contributed by atoms with Crippen molar-refractivity contribution in [2.24, 2.45) is 5.73 Å². The van der Waals surface area contributed by atoms with E-state index in [2.05, 4.69) is 9.72 Å². The summed E-state index contributed by atoms with van der Waals surface area (Å²) < 4.78 is 41.4. The van der Waals surface area contributed by atoms with Crippen molar-refractivity contribution in [1.29, 1.82) is 5.41 Å². The standard InChI is InChI=1S/C9H10F3N3O/c1-5(9(10,11)12)16-6-3-2-4-15-7(6)8(13)14/h2-5H,1H3,(H3,13,14). The largest absolute Gasteiger partial charge is 0.479 e. The number of nitrogens with zero attached hydrogens (tertiary/aromatic N) is 1. The van der Waals surface area contributed by atoms with Crippen molar-refractivity contribution in [3.8, 4) is 5.75 Å². The molecule has 0 radical (unpaired) electrons. The van der Waals surface area contributed by atoms with Crippen LogP contribution in [0.2, 0.25) is 0 Å². The van der Waals surface area contributed by atoms with Gasteiger partial charge in [-0.2, -0.15) is 13.2 Å². The maximum absolute atomic E-state index is 12.2. The Morgan fingerprint density at radius 2 is 2.19 bits per heavy atom. The third-order valence-electron chi connectivity index (χ3n) is 1.79. The number of rotatable bonds is 3. The predicted molar refractivity (Wildman–Crippen MR) is 51.4 cm³/mol. The van der Waals surface area contributed by atoms with Gasteiger partial charge in [0.2, 0.25) is 0 Å². The van der Waals surface area contributed by atoms with Crippen molar-refractivity contribution in [3.05, 3.63) is 24.0 Å². The summed E-state index contributed by atoms with van der Waals surface area (Å²) in [7, 11) is 0. The summed E-state index contributed by atoms with van der Waals surface area (Å²) in [6.07, 6.45) is -5.12. The molecule has 0 spiro atoms. The van der Waals surface area contributed by atoms with E-state index in [1.165, 1.54) is 18.3 Å². The van der Waals surface area contributed by atoms with Gasteiger partial charge in [0.15, 0.2) is 6.10 Å². The van der Waals surface area contributed by atoms with E-state index in [0.717, 1.165) is 6.92 Å². The number of nitrogen functional groups attached to an aromatic ring is 1. The van der Waals surface area contributed by atoms with Crippen molar-refractivity contribution >= 4 is 5.84 Å². The van der Waals surface area contributed by atoms with Crippen LogP contribution in [-0.2, 0) is 0 Å². The highest BCUT2D eigenvalue weighted by molar-refractivity contribution is 5.95.